The summed E-state index contributed by atoms with van der Waals surface area (Å²) in [6.07, 6.45) is 0.317. The van der Waals surface area contributed by atoms with Crippen LogP contribution in [0.4, 0.5) is 11.6 Å². The van der Waals surface area contributed by atoms with Crippen molar-refractivity contribution >= 4 is 11.6 Å². The van der Waals surface area contributed by atoms with Crippen molar-refractivity contribution in [2.75, 3.05) is 11.1 Å². The summed E-state index contributed by atoms with van der Waals surface area (Å²) in [4.78, 5) is 8.92. The molecule has 0 aliphatic heterocycles. The van der Waals surface area contributed by atoms with Crippen molar-refractivity contribution in [3.63, 3.8) is 0 Å². The average Bonchev–Trinajstić information content (AvgIpc) is 2.21. The summed E-state index contributed by atoms with van der Waals surface area (Å²) < 4.78 is 0. The van der Waals surface area contributed by atoms with E-state index in [4.69, 9.17) is 5.73 Å². The van der Waals surface area contributed by atoms with Crippen molar-refractivity contribution in [3.05, 3.63) is 11.4 Å². The molecule has 1 aromatic heterocycles. The van der Waals surface area contributed by atoms with Gasteiger partial charge in [-0.2, -0.15) is 0 Å². The molecular formula is C14H26N4O. The van der Waals surface area contributed by atoms with Crippen molar-refractivity contribution in [1.29, 1.82) is 0 Å². The quantitative estimate of drug-likeness (QED) is 0.778. The lowest BCUT2D eigenvalue weighted by atomic mass is 9.95. The van der Waals surface area contributed by atoms with Gasteiger partial charge in [0.2, 0.25) is 0 Å². The van der Waals surface area contributed by atoms with E-state index in [2.05, 4.69) is 36.1 Å². The summed E-state index contributed by atoms with van der Waals surface area (Å²) >= 11 is 0. The first-order valence-corrected chi connectivity index (χ1v) is 6.70. The molecule has 1 rings (SSSR count). The number of aliphatic hydroxyl groups excluding tert-OH is 1. The van der Waals surface area contributed by atoms with Crippen molar-refractivity contribution in [3.8, 4) is 0 Å². The Labute approximate surface area is 115 Å². The Balaban J connectivity index is 3.03. The number of hydrogen-bond donors (Lipinski definition) is 3. The van der Waals surface area contributed by atoms with Crippen LogP contribution in [0.5, 0.6) is 0 Å². The Morgan fingerprint density at radius 1 is 1.26 bits per heavy atom. The molecular weight excluding hydrogens is 240 g/mol. The molecule has 0 spiro atoms. The van der Waals surface area contributed by atoms with E-state index in [1.54, 1.807) is 6.92 Å². The van der Waals surface area contributed by atoms with Gasteiger partial charge in [0.15, 0.2) is 0 Å². The SMILES string of the molecule is Cc1c(N)nc(C(C)(C)C)nc1NC(C)CC(C)O. The molecule has 0 saturated heterocycles. The third-order valence-corrected chi connectivity index (χ3v) is 2.93. The Kier molecular flexibility index (Phi) is 4.74. The van der Waals surface area contributed by atoms with E-state index in [-0.39, 0.29) is 17.6 Å². The highest BCUT2D eigenvalue weighted by molar-refractivity contribution is 5.55. The lowest BCUT2D eigenvalue weighted by Gasteiger charge is -2.22. The van der Waals surface area contributed by atoms with Crippen LogP contribution in [0.3, 0.4) is 0 Å². The Morgan fingerprint density at radius 2 is 1.84 bits per heavy atom. The molecule has 2 atom stereocenters. The molecule has 108 valence electrons. The fourth-order valence-electron chi connectivity index (χ4n) is 1.81. The van der Waals surface area contributed by atoms with Crippen LogP contribution in [0, 0.1) is 6.92 Å². The largest absolute Gasteiger partial charge is 0.393 e. The molecule has 0 saturated carbocycles. The van der Waals surface area contributed by atoms with Crippen LogP contribution in [0.15, 0.2) is 0 Å². The molecule has 0 bridgehead atoms. The molecule has 0 aliphatic rings. The normalized spacial score (nSPS) is 15.1. The number of nitrogen functional groups attached to an aromatic ring is 1. The molecule has 4 N–H and O–H groups in total. The van der Waals surface area contributed by atoms with Crippen LogP contribution in [0.2, 0.25) is 0 Å². The van der Waals surface area contributed by atoms with Gasteiger partial charge in [-0.05, 0) is 27.2 Å². The second-order valence-corrected chi connectivity index (χ2v) is 6.29. The van der Waals surface area contributed by atoms with Gasteiger partial charge in [0.1, 0.15) is 17.5 Å². The zero-order valence-corrected chi connectivity index (χ0v) is 12.8. The van der Waals surface area contributed by atoms with Crippen molar-refractivity contribution in [2.24, 2.45) is 0 Å². The standard InChI is InChI=1S/C14H26N4O/c1-8(7-9(2)19)16-12-10(3)11(15)17-13(18-12)14(4,5)6/h8-9,19H,7H2,1-6H3,(H3,15,16,17,18). The topological polar surface area (TPSA) is 84.1 Å². The van der Waals surface area contributed by atoms with Gasteiger partial charge < -0.3 is 16.2 Å². The lowest BCUT2D eigenvalue weighted by molar-refractivity contribution is 0.179. The zero-order chi connectivity index (χ0) is 14.8. The van der Waals surface area contributed by atoms with E-state index in [9.17, 15) is 5.11 Å². The summed E-state index contributed by atoms with van der Waals surface area (Å²) in [6, 6.07) is 0.126. The Bertz CT molecular complexity index is 438. The summed E-state index contributed by atoms with van der Waals surface area (Å²) in [6.45, 7) is 11.9. The number of aliphatic hydroxyl groups is 1. The smallest absolute Gasteiger partial charge is 0.138 e. The number of rotatable bonds is 4. The average molecular weight is 266 g/mol. The maximum atomic E-state index is 9.41. The van der Waals surface area contributed by atoms with Crippen LogP contribution in [0.1, 0.15) is 52.4 Å². The van der Waals surface area contributed by atoms with Gasteiger partial charge in [0.05, 0.1) is 6.10 Å². The maximum Gasteiger partial charge on any atom is 0.138 e. The molecule has 5 heteroatoms. The summed E-state index contributed by atoms with van der Waals surface area (Å²) in [5.41, 5.74) is 6.66. The highest BCUT2D eigenvalue weighted by Gasteiger charge is 2.21. The van der Waals surface area contributed by atoms with Gasteiger partial charge in [0.25, 0.3) is 0 Å². The van der Waals surface area contributed by atoms with Crippen LogP contribution < -0.4 is 11.1 Å². The molecule has 0 fully saturated rings. The van der Waals surface area contributed by atoms with Crippen molar-refractivity contribution in [1.82, 2.24) is 9.97 Å². The second kappa shape index (κ2) is 5.74. The van der Waals surface area contributed by atoms with Crippen LogP contribution >= 0.6 is 0 Å². The van der Waals surface area contributed by atoms with E-state index in [0.717, 1.165) is 17.2 Å². The minimum absolute atomic E-state index is 0.126. The maximum absolute atomic E-state index is 9.41. The molecule has 1 aromatic rings. The van der Waals surface area contributed by atoms with Gasteiger partial charge in [-0.25, -0.2) is 9.97 Å². The van der Waals surface area contributed by atoms with E-state index in [1.807, 2.05) is 13.8 Å². The summed E-state index contributed by atoms with van der Waals surface area (Å²) in [7, 11) is 0. The molecule has 1 heterocycles. The fourth-order valence-corrected chi connectivity index (χ4v) is 1.81. The number of anilines is 2. The summed E-state index contributed by atoms with van der Waals surface area (Å²) in [5.74, 6) is 1.99. The highest BCUT2D eigenvalue weighted by Crippen LogP contribution is 2.25. The van der Waals surface area contributed by atoms with E-state index >= 15 is 0 Å². The summed E-state index contributed by atoms with van der Waals surface area (Å²) in [5, 5.41) is 12.7. The molecule has 0 aromatic carbocycles. The van der Waals surface area contributed by atoms with E-state index in [1.165, 1.54) is 0 Å². The minimum Gasteiger partial charge on any atom is -0.393 e. The predicted octanol–water partition coefficient (Wildman–Crippen LogP) is 2.24. The van der Waals surface area contributed by atoms with E-state index < -0.39 is 0 Å². The molecule has 0 amide bonds. The van der Waals surface area contributed by atoms with Gasteiger partial charge in [-0.15, -0.1) is 0 Å². The lowest BCUT2D eigenvalue weighted by Crippen LogP contribution is -2.24. The molecule has 0 radical (unpaired) electrons. The Morgan fingerprint density at radius 3 is 2.32 bits per heavy atom. The number of nitrogens with zero attached hydrogens (tertiary/aromatic N) is 2. The highest BCUT2D eigenvalue weighted by atomic mass is 16.3. The molecule has 19 heavy (non-hydrogen) atoms. The zero-order valence-electron chi connectivity index (χ0n) is 12.8. The van der Waals surface area contributed by atoms with Gasteiger partial charge in [-0.3, -0.25) is 0 Å². The number of nitrogens with one attached hydrogen (secondary N) is 1. The monoisotopic (exact) mass is 266 g/mol. The number of hydrogen-bond acceptors (Lipinski definition) is 5. The first-order valence-electron chi connectivity index (χ1n) is 6.70. The first kappa shape index (κ1) is 15.7. The fraction of sp³-hybridized carbons (Fsp3) is 0.714. The number of nitrogens with two attached hydrogens (primary N) is 1. The van der Waals surface area contributed by atoms with Crippen molar-refractivity contribution < 1.29 is 5.11 Å². The van der Waals surface area contributed by atoms with Crippen LogP contribution in [-0.2, 0) is 5.41 Å². The van der Waals surface area contributed by atoms with E-state index in [0.29, 0.717) is 12.2 Å². The van der Waals surface area contributed by atoms with Gasteiger partial charge >= 0.3 is 0 Å². The first-order chi connectivity index (χ1) is 8.61. The van der Waals surface area contributed by atoms with Gasteiger partial charge in [-0.1, -0.05) is 20.8 Å². The van der Waals surface area contributed by atoms with Crippen molar-refractivity contribution in [2.45, 2.75) is 65.5 Å². The third-order valence-electron chi connectivity index (χ3n) is 2.93. The van der Waals surface area contributed by atoms with Crippen LogP contribution in [-0.4, -0.2) is 27.2 Å². The molecule has 5 nitrogen and oxygen atoms in total. The number of aromatic nitrogens is 2. The van der Waals surface area contributed by atoms with Gasteiger partial charge in [0, 0.05) is 17.0 Å². The minimum atomic E-state index is -0.343. The predicted molar refractivity (Wildman–Crippen MR) is 79.3 cm³/mol. The Hall–Kier alpha value is -1.36. The third kappa shape index (κ3) is 4.35. The van der Waals surface area contributed by atoms with Crippen LogP contribution in [0.25, 0.3) is 0 Å². The molecule has 2 unspecified atom stereocenters. The molecule has 0 aliphatic carbocycles. The second-order valence-electron chi connectivity index (χ2n) is 6.29.